The fourth-order valence-corrected chi connectivity index (χ4v) is 3.90. The summed E-state index contributed by atoms with van der Waals surface area (Å²) in [7, 11) is -3.37. The van der Waals surface area contributed by atoms with Gasteiger partial charge < -0.3 is 0 Å². The smallest absolute Gasteiger partial charge is 0.183 e. The van der Waals surface area contributed by atoms with E-state index in [2.05, 4.69) is 26.0 Å². The molecular weight excluding hydrogens is 342 g/mol. The normalized spacial score (nSPS) is 13.3. The molecule has 0 amide bonds. The molecule has 0 unspecified atom stereocenters. The molecule has 2 aromatic heterocycles. The van der Waals surface area contributed by atoms with Crippen LogP contribution in [0.3, 0.4) is 0 Å². The minimum absolute atomic E-state index is 0.216. The van der Waals surface area contributed by atoms with Crippen molar-refractivity contribution >= 4 is 36.8 Å². The Morgan fingerprint density at radius 3 is 2.40 bits per heavy atom. The fourth-order valence-electron chi connectivity index (χ4n) is 1.86. The molecule has 0 aromatic carbocycles. The summed E-state index contributed by atoms with van der Waals surface area (Å²) in [5.41, 5.74) is 0.458. The summed E-state index contributed by atoms with van der Waals surface area (Å²) in [4.78, 5) is 4.60. The van der Waals surface area contributed by atoms with Gasteiger partial charge in [-0.05, 0) is 56.6 Å². The maximum Gasteiger partial charge on any atom is 0.183 e. The predicted octanol–water partition coefficient (Wildman–Crippen LogP) is 3.13. The second-order valence-corrected chi connectivity index (χ2v) is 9.23. The van der Waals surface area contributed by atoms with Crippen molar-refractivity contribution in [3.05, 3.63) is 16.9 Å². The Hall–Kier alpha value is -0.950. The first-order valence-corrected chi connectivity index (χ1v) is 8.67. The molecule has 0 atom stereocenters. The van der Waals surface area contributed by atoms with Gasteiger partial charge in [0.05, 0.1) is 17.0 Å². The first-order chi connectivity index (χ1) is 9.05. The van der Waals surface area contributed by atoms with Crippen LogP contribution in [-0.2, 0) is 15.4 Å². The first kappa shape index (κ1) is 15.4. The van der Waals surface area contributed by atoms with Gasteiger partial charge in [0.25, 0.3) is 0 Å². The summed E-state index contributed by atoms with van der Waals surface area (Å²) < 4.78 is 26.7. The summed E-state index contributed by atoms with van der Waals surface area (Å²) in [6, 6.07) is 1.64. The van der Waals surface area contributed by atoms with Crippen molar-refractivity contribution in [1.82, 2.24) is 14.8 Å². The predicted molar refractivity (Wildman–Crippen MR) is 82.5 cm³/mol. The minimum Gasteiger partial charge on any atom is -0.242 e. The molecule has 0 N–H and O–H groups in total. The number of hydrogen-bond donors (Lipinski definition) is 0. The number of aromatic nitrogens is 3. The Labute approximate surface area is 127 Å². The molecule has 7 heteroatoms. The van der Waals surface area contributed by atoms with E-state index in [-0.39, 0.29) is 10.4 Å². The second-order valence-electron chi connectivity index (χ2n) is 6.01. The van der Waals surface area contributed by atoms with E-state index >= 15 is 0 Å². The molecule has 0 spiro atoms. The highest BCUT2D eigenvalue weighted by Gasteiger charge is 2.25. The van der Waals surface area contributed by atoms with Crippen molar-refractivity contribution in [2.45, 2.75) is 50.3 Å². The Kier molecular flexibility index (Phi) is 3.71. The third-order valence-electron chi connectivity index (χ3n) is 3.03. The van der Waals surface area contributed by atoms with E-state index in [1.807, 2.05) is 20.8 Å². The van der Waals surface area contributed by atoms with Crippen LogP contribution in [-0.4, -0.2) is 28.4 Å². The lowest BCUT2D eigenvalue weighted by Gasteiger charge is -2.20. The Morgan fingerprint density at radius 2 is 1.90 bits per heavy atom. The van der Waals surface area contributed by atoms with E-state index in [0.29, 0.717) is 10.3 Å². The molecule has 0 fully saturated rings. The molecular formula is C13H18BrN3O2S. The van der Waals surface area contributed by atoms with Gasteiger partial charge in [-0.2, -0.15) is 5.10 Å². The molecule has 20 heavy (non-hydrogen) atoms. The molecule has 0 saturated heterocycles. The molecule has 110 valence electrons. The molecule has 5 nitrogen and oxygen atoms in total. The fraction of sp³-hybridized carbons (Fsp3) is 0.538. The molecule has 2 rings (SSSR count). The van der Waals surface area contributed by atoms with Crippen molar-refractivity contribution in [1.29, 1.82) is 0 Å². The molecule has 0 aliphatic heterocycles. The highest BCUT2D eigenvalue weighted by atomic mass is 79.9. The number of nitrogens with zero attached hydrogens (tertiary/aromatic N) is 3. The third kappa shape index (κ3) is 2.48. The SMILES string of the molecule is CC(C)S(=O)(=O)c1cc2cnn(C(C)(C)C)c2nc1Br. The summed E-state index contributed by atoms with van der Waals surface area (Å²) in [6.45, 7) is 9.38. The Bertz CT molecular complexity index is 758. The van der Waals surface area contributed by atoms with Crippen LogP contribution >= 0.6 is 15.9 Å². The van der Waals surface area contributed by atoms with Crippen LogP contribution < -0.4 is 0 Å². The topological polar surface area (TPSA) is 64.8 Å². The maximum atomic E-state index is 12.3. The van der Waals surface area contributed by atoms with Crippen LogP contribution in [0.5, 0.6) is 0 Å². The third-order valence-corrected chi connectivity index (χ3v) is 6.06. The van der Waals surface area contributed by atoms with Crippen molar-refractivity contribution in [3.8, 4) is 0 Å². The zero-order valence-electron chi connectivity index (χ0n) is 12.2. The molecule has 0 aliphatic carbocycles. The maximum absolute atomic E-state index is 12.3. The zero-order valence-corrected chi connectivity index (χ0v) is 14.6. The Balaban J connectivity index is 2.74. The number of hydrogen-bond acceptors (Lipinski definition) is 4. The highest BCUT2D eigenvalue weighted by molar-refractivity contribution is 9.10. The second kappa shape index (κ2) is 4.80. The van der Waals surface area contributed by atoms with Gasteiger partial charge in [0.2, 0.25) is 0 Å². The monoisotopic (exact) mass is 359 g/mol. The standard InChI is InChI=1S/C13H18BrN3O2S/c1-8(2)20(18,19)10-6-9-7-15-17(13(3,4)5)12(9)16-11(10)14/h6-8H,1-5H3. The van der Waals surface area contributed by atoms with Crippen LogP contribution in [0.25, 0.3) is 11.0 Å². The van der Waals surface area contributed by atoms with Crippen molar-refractivity contribution in [2.75, 3.05) is 0 Å². The average Bonchev–Trinajstić information content (AvgIpc) is 2.69. The molecule has 0 bridgehead atoms. The van der Waals surface area contributed by atoms with E-state index in [9.17, 15) is 8.42 Å². The zero-order chi connectivity index (χ0) is 15.3. The van der Waals surface area contributed by atoms with E-state index in [1.54, 1.807) is 30.8 Å². The van der Waals surface area contributed by atoms with E-state index < -0.39 is 15.1 Å². The largest absolute Gasteiger partial charge is 0.242 e. The summed E-state index contributed by atoms with van der Waals surface area (Å²) in [5.74, 6) is 0. The van der Waals surface area contributed by atoms with Crippen LogP contribution in [0.4, 0.5) is 0 Å². The number of rotatable bonds is 2. The molecule has 0 radical (unpaired) electrons. The van der Waals surface area contributed by atoms with Crippen molar-refractivity contribution in [3.63, 3.8) is 0 Å². The first-order valence-electron chi connectivity index (χ1n) is 6.34. The Morgan fingerprint density at radius 1 is 1.30 bits per heavy atom. The molecule has 0 saturated carbocycles. The van der Waals surface area contributed by atoms with E-state index in [4.69, 9.17) is 0 Å². The van der Waals surface area contributed by atoms with Crippen LogP contribution in [0.2, 0.25) is 0 Å². The van der Waals surface area contributed by atoms with Crippen molar-refractivity contribution < 1.29 is 8.42 Å². The lowest BCUT2D eigenvalue weighted by Crippen LogP contribution is -2.23. The van der Waals surface area contributed by atoms with Gasteiger partial charge in [-0.25, -0.2) is 18.1 Å². The van der Waals surface area contributed by atoms with E-state index in [1.165, 1.54) is 0 Å². The van der Waals surface area contributed by atoms with Crippen LogP contribution in [0.15, 0.2) is 21.8 Å². The van der Waals surface area contributed by atoms with Gasteiger partial charge in [0.15, 0.2) is 15.5 Å². The molecule has 2 aromatic rings. The van der Waals surface area contributed by atoms with Gasteiger partial charge in [-0.15, -0.1) is 0 Å². The number of pyridine rings is 1. The lowest BCUT2D eigenvalue weighted by atomic mass is 10.1. The number of fused-ring (bicyclic) bond motifs is 1. The lowest BCUT2D eigenvalue weighted by molar-refractivity contribution is 0.366. The van der Waals surface area contributed by atoms with Crippen LogP contribution in [0, 0.1) is 0 Å². The molecule has 0 aliphatic rings. The minimum atomic E-state index is -3.37. The van der Waals surface area contributed by atoms with Crippen LogP contribution in [0.1, 0.15) is 34.6 Å². The summed E-state index contributed by atoms with van der Waals surface area (Å²) in [5, 5.41) is 4.55. The van der Waals surface area contributed by atoms with Gasteiger partial charge >= 0.3 is 0 Å². The number of sulfone groups is 1. The summed E-state index contributed by atoms with van der Waals surface area (Å²) >= 11 is 3.28. The quantitative estimate of drug-likeness (QED) is 0.772. The van der Waals surface area contributed by atoms with Gasteiger partial charge in [-0.1, -0.05) is 0 Å². The molecule has 2 heterocycles. The van der Waals surface area contributed by atoms with Gasteiger partial charge in [0.1, 0.15) is 9.50 Å². The van der Waals surface area contributed by atoms with Gasteiger partial charge in [-0.3, -0.25) is 0 Å². The van der Waals surface area contributed by atoms with Gasteiger partial charge in [0, 0.05) is 5.39 Å². The summed E-state index contributed by atoms with van der Waals surface area (Å²) in [6.07, 6.45) is 1.65. The highest BCUT2D eigenvalue weighted by Crippen LogP contribution is 2.29. The van der Waals surface area contributed by atoms with Crippen molar-refractivity contribution in [2.24, 2.45) is 0 Å². The average molecular weight is 360 g/mol. The number of halogens is 1. The van der Waals surface area contributed by atoms with E-state index in [0.717, 1.165) is 5.39 Å².